The fourth-order valence-corrected chi connectivity index (χ4v) is 2.75. The summed E-state index contributed by atoms with van der Waals surface area (Å²) in [6.45, 7) is 6.66. The van der Waals surface area contributed by atoms with Gasteiger partial charge in [-0.1, -0.05) is 29.8 Å². The fourth-order valence-electron chi connectivity index (χ4n) is 2.75. The number of carbonyl (C=O) groups excluding carboxylic acids is 2. The van der Waals surface area contributed by atoms with Crippen molar-refractivity contribution in [3.63, 3.8) is 0 Å². The Morgan fingerprint density at radius 3 is 2.52 bits per heavy atom. The minimum absolute atomic E-state index is 0.132. The zero-order chi connectivity index (χ0) is 19.4. The third-order valence-electron chi connectivity index (χ3n) is 3.92. The van der Waals surface area contributed by atoms with Gasteiger partial charge in [0, 0.05) is 13.1 Å². The van der Waals surface area contributed by atoms with Gasteiger partial charge in [0.1, 0.15) is 5.69 Å². The van der Waals surface area contributed by atoms with Crippen molar-refractivity contribution in [3.8, 4) is 11.1 Å². The van der Waals surface area contributed by atoms with Gasteiger partial charge < -0.3 is 10.6 Å². The van der Waals surface area contributed by atoms with E-state index in [1.54, 1.807) is 6.07 Å². The molecule has 2 aromatic heterocycles. The van der Waals surface area contributed by atoms with Gasteiger partial charge in [-0.2, -0.15) is 4.98 Å². The van der Waals surface area contributed by atoms with Crippen LogP contribution in [0, 0.1) is 6.92 Å². The summed E-state index contributed by atoms with van der Waals surface area (Å²) >= 11 is 0. The Hall–Kier alpha value is -3.42. The number of aromatic nitrogens is 3. The van der Waals surface area contributed by atoms with Gasteiger partial charge in [0.2, 0.25) is 0 Å². The Labute approximate surface area is 157 Å². The number of pyridine rings is 1. The molecule has 0 saturated carbocycles. The Balaban J connectivity index is 2.10. The lowest BCUT2D eigenvalue weighted by Gasteiger charge is -2.08. The average Bonchev–Trinajstić information content (AvgIpc) is 3.03. The van der Waals surface area contributed by atoms with E-state index in [-0.39, 0.29) is 11.9 Å². The second kappa shape index (κ2) is 7.86. The largest absolute Gasteiger partial charge is 0.351 e. The lowest BCUT2D eigenvalue weighted by atomic mass is 10.0. The minimum Gasteiger partial charge on any atom is -0.351 e. The second-order valence-electron chi connectivity index (χ2n) is 6.05. The van der Waals surface area contributed by atoms with Crippen LogP contribution in [0.5, 0.6) is 0 Å². The van der Waals surface area contributed by atoms with Crippen LogP contribution in [0.1, 0.15) is 29.9 Å². The van der Waals surface area contributed by atoms with Gasteiger partial charge in [0.05, 0.1) is 0 Å². The number of nitrogens with zero attached hydrogens (tertiary/aromatic N) is 3. The number of aryl methyl sites for hydroxylation is 1. The van der Waals surface area contributed by atoms with Crippen molar-refractivity contribution in [3.05, 3.63) is 47.7 Å². The summed E-state index contributed by atoms with van der Waals surface area (Å²) in [5, 5.41) is 12.2. The molecule has 8 nitrogen and oxygen atoms in total. The molecule has 27 heavy (non-hydrogen) atoms. The first-order chi connectivity index (χ1) is 13.0. The molecule has 0 radical (unpaired) electrons. The van der Waals surface area contributed by atoms with Crippen molar-refractivity contribution in [2.45, 2.75) is 20.8 Å². The summed E-state index contributed by atoms with van der Waals surface area (Å²) in [5.74, 6) is -0.126. The maximum absolute atomic E-state index is 12.5. The molecule has 0 aliphatic carbocycles. The van der Waals surface area contributed by atoms with Crippen molar-refractivity contribution >= 4 is 23.5 Å². The Bertz CT molecular complexity index is 995. The second-order valence-corrected chi connectivity index (χ2v) is 6.05. The van der Waals surface area contributed by atoms with Crippen LogP contribution in [-0.2, 0) is 0 Å². The molecule has 3 N–H and O–H groups in total. The van der Waals surface area contributed by atoms with Gasteiger partial charge >= 0.3 is 6.03 Å². The topological polar surface area (TPSA) is 100 Å². The van der Waals surface area contributed by atoms with Crippen LogP contribution < -0.4 is 16.0 Å². The molecule has 0 saturated heterocycles. The molecular weight excluding hydrogens is 344 g/mol. The number of nitrogens with one attached hydrogen (secondary N) is 3. The third-order valence-corrected chi connectivity index (χ3v) is 3.92. The lowest BCUT2D eigenvalue weighted by Crippen LogP contribution is -2.28. The highest BCUT2D eigenvalue weighted by Crippen LogP contribution is 2.24. The number of hydrogen-bond acceptors (Lipinski definition) is 4. The minimum atomic E-state index is -0.396. The highest BCUT2D eigenvalue weighted by Gasteiger charge is 2.16. The number of carbonyl (C=O) groups is 2. The number of hydrogen-bond donors (Lipinski definition) is 3. The third kappa shape index (κ3) is 4.05. The van der Waals surface area contributed by atoms with Crippen LogP contribution in [0.15, 0.2) is 36.4 Å². The molecule has 0 spiro atoms. The molecule has 3 rings (SSSR count). The summed E-state index contributed by atoms with van der Waals surface area (Å²) in [6, 6.07) is 11.2. The van der Waals surface area contributed by atoms with Crippen molar-refractivity contribution < 1.29 is 9.59 Å². The van der Waals surface area contributed by atoms with Crippen LogP contribution in [0.4, 0.5) is 10.7 Å². The van der Waals surface area contributed by atoms with E-state index < -0.39 is 6.03 Å². The first-order valence-electron chi connectivity index (χ1n) is 8.82. The maximum Gasteiger partial charge on any atom is 0.321 e. The molecule has 2 heterocycles. The van der Waals surface area contributed by atoms with E-state index in [4.69, 9.17) is 0 Å². The van der Waals surface area contributed by atoms with E-state index in [1.807, 2.05) is 51.1 Å². The normalized spacial score (nSPS) is 10.6. The summed E-state index contributed by atoms with van der Waals surface area (Å²) in [7, 11) is 0. The van der Waals surface area contributed by atoms with Crippen molar-refractivity contribution in [1.82, 2.24) is 25.2 Å². The molecule has 8 heteroatoms. The SMILES string of the molecule is CCNC(=O)Nc1nc2cc(-c3cccc(C)c3)cc(C(=O)NCC)n2n1. The summed E-state index contributed by atoms with van der Waals surface area (Å²) in [4.78, 5) is 28.6. The molecule has 0 aliphatic rings. The predicted molar refractivity (Wildman–Crippen MR) is 104 cm³/mol. The maximum atomic E-state index is 12.5. The van der Waals surface area contributed by atoms with Gasteiger partial charge in [0.25, 0.3) is 11.9 Å². The Morgan fingerprint density at radius 2 is 1.81 bits per heavy atom. The van der Waals surface area contributed by atoms with Gasteiger partial charge in [-0.3, -0.25) is 10.1 Å². The van der Waals surface area contributed by atoms with Gasteiger partial charge in [-0.25, -0.2) is 9.31 Å². The molecule has 0 aliphatic heterocycles. The molecular formula is C19H22N6O2. The van der Waals surface area contributed by atoms with Crippen LogP contribution in [0.2, 0.25) is 0 Å². The number of urea groups is 1. The average molecular weight is 366 g/mol. The van der Waals surface area contributed by atoms with Gasteiger partial charge in [0.15, 0.2) is 5.65 Å². The van der Waals surface area contributed by atoms with Crippen molar-refractivity contribution in [2.75, 3.05) is 18.4 Å². The number of amides is 3. The number of fused-ring (bicyclic) bond motifs is 1. The summed E-state index contributed by atoms with van der Waals surface area (Å²) in [5.41, 5.74) is 3.77. The van der Waals surface area contributed by atoms with E-state index in [2.05, 4.69) is 26.0 Å². The zero-order valence-corrected chi connectivity index (χ0v) is 15.5. The molecule has 1 aromatic carbocycles. The molecule has 0 fully saturated rings. The Kier molecular flexibility index (Phi) is 5.35. The molecule has 3 amide bonds. The van der Waals surface area contributed by atoms with E-state index in [0.717, 1.165) is 16.7 Å². The molecule has 0 bridgehead atoms. The van der Waals surface area contributed by atoms with Gasteiger partial charge in [-0.15, -0.1) is 5.10 Å². The van der Waals surface area contributed by atoms with Crippen molar-refractivity contribution in [1.29, 1.82) is 0 Å². The van der Waals surface area contributed by atoms with Gasteiger partial charge in [-0.05, 0) is 44.0 Å². The number of anilines is 1. The smallest absolute Gasteiger partial charge is 0.321 e. The van der Waals surface area contributed by atoms with Crippen LogP contribution in [-0.4, -0.2) is 39.6 Å². The molecule has 0 atom stereocenters. The van der Waals surface area contributed by atoms with Crippen LogP contribution in [0.25, 0.3) is 16.8 Å². The Morgan fingerprint density at radius 1 is 1.04 bits per heavy atom. The molecule has 0 unspecified atom stereocenters. The van der Waals surface area contributed by atoms with Crippen molar-refractivity contribution in [2.24, 2.45) is 0 Å². The highest BCUT2D eigenvalue weighted by atomic mass is 16.2. The summed E-state index contributed by atoms with van der Waals surface area (Å²) < 4.78 is 1.44. The predicted octanol–water partition coefficient (Wildman–Crippen LogP) is 2.60. The first-order valence-corrected chi connectivity index (χ1v) is 8.82. The standard InChI is InChI=1S/C19H22N6O2/c1-4-20-17(26)15-10-14(13-8-6-7-12(3)9-13)11-16-22-18(24-25(15)16)23-19(27)21-5-2/h6-11H,4-5H2,1-3H3,(H,20,26)(H2,21,23,24,27). The van der Waals surface area contributed by atoms with E-state index >= 15 is 0 Å². The monoisotopic (exact) mass is 366 g/mol. The quantitative estimate of drug-likeness (QED) is 0.646. The highest BCUT2D eigenvalue weighted by molar-refractivity contribution is 5.95. The first kappa shape index (κ1) is 18.4. The fraction of sp³-hybridized carbons (Fsp3) is 0.263. The van der Waals surface area contributed by atoms with E-state index in [0.29, 0.717) is 24.4 Å². The molecule has 3 aromatic rings. The number of benzene rings is 1. The summed E-state index contributed by atoms with van der Waals surface area (Å²) in [6.07, 6.45) is 0. The van der Waals surface area contributed by atoms with E-state index in [1.165, 1.54) is 4.52 Å². The number of rotatable bonds is 5. The van der Waals surface area contributed by atoms with E-state index in [9.17, 15) is 9.59 Å². The van der Waals surface area contributed by atoms with Crippen LogP contribution >= 0.6 is 0 Å². The lowest BCUT2D eigenvalue weighted by molar-refractivity contribution is 0.0948. The zero-order valence-electron chi connectivity index (χ0n) is 15.5. The molecule has 140 valence electrons. The van der Waals surface area contributed by atoms with Crippen LogP contribution in [0.3, 0.4) is 0 Å².